The van der Waals surface area contributed by atoms with Gasteiger partial charge >= 0.3 is 5.97 Å². The molecule has 0 spiro atoms. The predicted octanol–water partition coefficient (Wildman–Crippen LogP) is 3.40. The van der Waals surface area contributed by atoms with Crippen LogP contribution in [0.15, 0.2) is 58.0 Å². The molecule has 6 nitrogen and oxygen atoms in total. The molecule has 0 aliphatic carbocycles. The van der Waals surface area contributed by atoms with Gasteiger partial charge in [0.05, 0.1) is 18.1 Å². The largest absolute Gasteiger partial charge is 0.467 e. The van der Waals surface area contributed by atoms with E-state index < -0.39 is 18.1 Å². The van der Waals surface area contributed by atoms with E-state index in [1.807, 2.05) is 60.1 Å². The van der Waals surface area contributed by atoms with Crippen molar-refractivity contribution in [2.45, 2.75) is 12.1 Å². The lowest BCUT2D eigenvalue weighted by Gasteiger charge is -2.16. The third kappa shape index (κ3) is 2.78. The Labute approximate surface area is 158 Å². The number of rotatable bonds is 3. The van der Waals surface area contributed by atoms with E-state index in [0.717, 1.165) is 21.1 Å². The summed E-state index contributed by atoms with van der Waals surface area (Å²) in [6.45, 7) is 0. The van der Waals surface area contributed by atoms with Crippen molar-refractivity contribution in [3.63, 3.8) is 0 Å². The number of imidazole rings is 1. The molecule has 3 aromatic rings. The number of methoxy groups -OCH3 is 1. The van der Waals surface area contributed by atoms with Crippen LogP contribution >= 0.6 is 15.9 Å². The van der Waals surface area contributed by atoms with Gasteiger partial charge in [0.1, 0.15) is 0 Å². The highest BCUT2D eigenvalue weighted by molar-refractivity contribution is 9.10. The maximum Gasteiger partial charge on any atom is 0.335 e. The summed E-state index contributed by atoms with van der Waals surface area (Å²) in [7, 11) is 3.25. The van der Waals surface area contributed by atoms with E-state index in [4.69, 9.17) is 9.47 Å². The van der Waals surface area contributed by atoms with Gasteiger partial charge in [-0.15, -0.1) is 0 Å². The minimum Gasteiger partial charge on any atom is -0.467 e. The number of aliphatic imine (C=N–C) groups is 1. The fourth-order valence-corrected chi connectivity index (χ4v) is 3.42. The molecule has 132 valence electrons. The first kappa shape index (κ1) is 16.8. The molecule has 0 saturated heterocycles. The summed E-state index contributed by atoms with van der Waals surface area (Å²) in [5.41, 5.74) is 2.58. The lowest BCUT2D eigenvalue weighted by molar-refractivity contribution is -0.143. The smallest absolute Gasteiger partial charge is 0.335 e. The quantitative estimate of drug-likeness (QED) is 0.617. The van der Waals surface area contributed by atoms with Crippen molar-refractivity contribution in [2.24, 2.45) is 12.0 Å². The molecule has 0 saturated carbocycles. The van der Waals surface area contributed by atoms with Crippen molar-refractivity contribution in [1.82, 2.24) is 9.55 Å². The summed E-state index contributed by atoms with van der Waals surface area (Å²) in [5, 5.41) is 0. The fourth-order valence-electron chi connectivity index (χ4n) is 3.07. The van der Waals surface area contributed by atoms with Crippen LogP contribution < -0.4 is 0 Å². The molecule has 2 heterocycles. The summed E-state index contributed by atoms with van der Waals surface area (Å²) in [4.78, 5) is 21.5. The fraction of sp³-hybridized carbons (Fsp3) is 0.211. The van der Waals surface area contributed by atoms with E-state index in [2.05, 4.69) is 25.9 Å². The highest BCUT2D eigenvalue weighted by Gasteiger charge is 2.41. The number of aryl methyl sites for hydroxylation is 1. The molecule has 7 heteroatoms. The molecule has 1 aromatic heterocycles. The van der Waals surface area contributed by atoms with Gasteiger partial charge in [0.25, 0.3) is 0 Å². The van der Waals surface area contributed by atoms with E-state index in [1.165, 1.54) is 7.11 Å². The van der Waals surface area contributed by atoms with Gasteiger partial charge in [0, 0.05) is 17.1 Å². The lowest BCUT2D eigenvalue weighted by Crippen LogP contribution is -2.27. The van der Waals surface area contributed by atoms with E-state index in [9.17, 15) is 4.79 Å². The Morgan fingerprint density at radius 3 is 2.73 bits per heavy atom. The van der Waals surface area contributed by atoms with Crippen LogP contribution in [0.25, 0.3) is 11.0 Å². The molecular formula is C19H16BrN3O3. The van der Waals surface area contributed by atoms with Gasteiger partial charge < -0.3 is 14.0 Å². The van der Waals surface area contributed by atoms with Gasteiger partial charge in [0.2, 0.25) is 5.90 Å². The van der Waals surface area contributed by atoms with Gasteiger partial charge in [-0.05, 0) is 30.3 Å². The molecule has 0 bridgehead atoms. The number of halogens is 1. The van der Waals surface area contributed by atoms with E-state index in [-0.39, 0.29) is 0 Å². The lowest BCUT2D eigenvalue weighted by atomic mass is 10.1. The van der Waals surface area contributed by atoms with Gasteiger partial charge in [0.15, 0.2) is 18.0 Å². The summed E-state index contributed by atoms with van der Waals surface area (Å²) < 4.78 is 13.9. The Kier molecular flexibility index (Phi) is 4.24. The molecule has 1 aliphatic heterocycles. The second-order valence-corrected chi connectivity index (χ2v) is 6.88. The van der Waals surface area contributed by atoms with Crippen molar-refractivity contribution in [3.05, 3.63) is 64.4 Å². The topological polar surface area (TPSA) is 65.7 Å². The van der Waals surface area contributed by atoms with Crippen LogP contribution in [0.2, 0.25) is 0 Å². The second-order valence-electron chi connectivity index (χ2n) is 5.97. The standard InChI is InChI=1S/C19H16BrN3O3/c1-23-14-9-8-12(20)10-13(14)21-17(23)16-15(19(24)25-2)22-18(26-16)11-6-4-3-5-7-11/h3-10,15-16H,1-2H3. The van der Waals surface area contributed by atoms with Crippen molar-refractivity contribution >= 4 is 38.8 Å². The van der Waals surface area contributed by atoms with Crippen LogP contribution in [-0.4, -0.2) is 34.6 Å². The van der Waals surface area contributed by atoms with Crippen LogP contribution in [0.3, 0.4) is 0 Å². The molecule has 2 atom stereocenters. The zero-order valence-corrected chi connectivity index (χ0v) is 15.8. The number of aromatic nitrogens is 2. The van der Waals surface area contributed by atoms with Crippen LogP contribution in [0, 0.1) is 0 Å². The van der Waals surface area contributed by atoms with Crippen LogP contribution in [0.5, 0.6) is 0 Å². The number of ether oxygens (including phenoxy) is 2. The highest BCUT2D eigenvalue weighted by Crippen LogP contribution is 2.33. The van der Waals surface area contributed by atoms with Gasteiger partial charge in [-0.25, -0.2) is 14.8 Å². The Balaban J connectivity index is 1.78. The maximum absolute atomic E-state index is 12.3. The van der Waals surface area contributed by atoms with Gasteiger partial charge in [-0.1, -0.05) is 34.1 Å². The summed E-state index contributed by atoms with van der Waals surface area (Å²) in [6, 6.07) is 14.5. The number of esters is 1. The Morgan fingerprint density at radius 2 is 2.00 bits per heavy atom. The number of nitrogens with zero attached hydrogens (tertiary/aromatic N) is 3. The Morgan fingerprint density at radius 1 is 1.23 bits per heavy atom. The van der Waals surface area contributed by atoms with Crippen LogP contribution in [-0.2, 0) is 21.3 Å². The third-order valence-corrected chi connectivity index (χ3v) is 4.87. The number of hydrogen-bond acceptors (Lipinski definition) is 5. The van der Waals surface area contributed by atoms with Crippen LogP contribution in [0.4, 0.5) is 0 Å². The zero-order valence-electron chi connectivity index (χ0n) is 14.2. The number of hydrogen-bond donors (Lipinski definition) is 0. The normalized spacial score (nSPS) is 19.3. The van der Waals surface area contributed by atoms with Crippen molar-refractivity contribution < 1.29 is 14.3 Å². The minimum absolute atomic E-state index is 0.416. The zero-order chi connectivity index (χ0) is 18.3. The highest BCUT2D eigenvalue weighted by atomic mass is 79.9. The average Bonchev–Trinajstić information content (AvgIpc) is 3.23. The molecule has 2 aromatic carbocycles. The molecule has 0 N–H and O–H groups in total. The van der Waals surface area contributed by atoms with E-state index in [0.29, 0.717) is 11.7 Å². The number of carbonyl (C=O) groups excluding carboxylic acids is 1. The Bertz CT molecular complexity index is 1010. The molecule has 2 unspecified atom stereocenters. The SMILES string of the molecule is COC(=O)C1N=C(c2ccccc2)OC1c1nc2cc(Br)ccc2n1C. The Hall–Kier alpha value is -2.67. The van der Waals surface area contributed by atoms with E-state index in [1.54, 1.807) is 0 Å². The van der Waals surface area contributed by atoms with Crippen molar-refractivity contribution in [1.29, 1.82) is 0 Å². The van der Waals surface area contributed by atoms with Crippen molar-refractivity contribution in [2.75, 3.05) is 7.11 Å². The first-order chi connectivity index (χ1) is 12.6. The molecule has 0 amide bonds. The predicted molar refractivity (Wildman–Crippen MR) is 101 cm³/mol. The average molecular weight is 414 g/mol. The van der Waals surface area contributed by atoms with Crippen molar-refractivity contribution in [3.8, 4) is 0 Å². The minimum atomic E-state index is -0.797. The summed E-state index contributed by atoms with van der Waals surface area (Å²) in [5.74, 6) is 0.594. The molecular weight excluding hydrogens is 398 g/mol. The van der Waals surface area contributed by atoms with E-state index >= 15 is 0 Å². The number of fused-ring (bicyclic) bond motifs is 1. The number of benzene rings is 2. The summed E-state index contributed by atoms with van der Waals surface area (Å²) >= 11 is 3.46. The van der Waals surface area contributed by atoms with Gasteiger partial charge in [-0.3, -0.25) is 0 Å². The molecule has 0 fully saturated rings. The second kappa shape index (κ2) is 6.57. The molecule has 4 rings (SSSR count). The number of carbonyl (C=O) groups is 1. The monoisotopic (exact) mass is 413 g/mol. The molecule has 26 heavy (non-hydrogen) atoms. The first-order valence-electron chi connectivity index (χ1n) is 8.08. The third-order valence-electron chi connectivity index (χ3n) is 4.38. The maximum atomic E-state index is 12.3. The van der Waals surface area contributed by atoms with Crippen LogP contribution in [0.1, 0.15) is 17.5 Å². The molecule has 1 aliphatic rings. The summed E-state index contributed by atoms with van der Waals surface area (Å²) in [6.07, 6.45) is -0.645. The molecule has 0 radical (unpaired) electrons. The first-order valence-corrected chi connectivity index (χ1v) is 8.87. The van der Waals surface area contributed by atoms with Gasteiger partial charge in [-0.2, -0.15) is 0 Å².